The smallest absolute Gasteiger partial charge is 0.306 e. The van der Waals surface area contributed by atoms with Crippen LogP contribution in [0.4, 0.5) is 0 Å². The lowest BCUT2D eigenvalue weighted by Gasteiger charge is -2.28. The molecular weight excluding hydrogens is 516 g/mol. The van der Waals surface area contributed by atoms with E-state index in [9.17, 15) is 28.8 Å². The minimum Gasteiger partial charge on any atom is -0.469 e. The number of esters is 1. The number of ketones is 1. The fourth-order valence-corrected chi connectivity index (χ4v) is 4.29. The van der Waals surface area contributed by atoms with Crippen LogP contribution in [-0.4, -0.2) is 84.0 Å². The van der Waals surface area contributed by atoms with Crippen molar-refractivity contribution in [2.45, 2.75) is 70.1 Å². The van der Waals surface area contributed by atoms with E-state index in [1.165, 1.54) is 25.9 Å². The highest BCUT2D eigenvalue weighted by Gasteiger charge is 2.37. The van der Waals surface area contributed by atoms with Gasteiger partial charge in [-0.25, -0.2) is 0 Å². The van der Waals surface area contributed by atoms with Crippen LogP contribution in [0.25, 0.3) is 0 Å². The molecule has 0 spiro atoms. The van der Waals surface area contributed by atoms with Crippen LogP contribution < -0.4 is 16.0 Å². The number of methoxy groups -OCH3 is 1. The standard InChI is InChI=1S/C26H35ClN4O7/c1-16(24(35)30-19(21(32)15-27)14-18-8-5-4-6-9-18)29-25(36)20-10-7-13-31(20)26(37)17(2)28-22(33)11-12-23(34)38-3/h4-6,8-9,16-17,19-20H,7,10-15H2,1-3H3,(H,28,33)(H,29,36)(H,30,35)/t16-,17+,19?,20?/m0/s1. The molecule has 0 radical (unpaired) electrons. The van der Waals surface area contributed by atoms with Crippen molar-refractivity contribution in [3.05, 3.63) is 35.9 Å². The highest BCUT2D eigenvalue weighted by atomic mass is 35.5. The van der Waals surface area contributed by atoms with Gasteiger partial charge < -0.3 is 25.6 Å². The molecule has 208 valence electrons. The van der Waals surface area contributed by atoms with Crippen LogP contribution in [0, 0.1) is 0 Å². The molecule has 0 aromatic heterocycles. The number of nitrogens with one attached hydrogen (secondary N) is 3. The molecule has 0 aliphatic carbocycles. The SMILES string of the molecule is COC(=O)CCC(=O)N[C@H](C)C(=O)N1CCCC1C(=O)N[C@@H](C)C(=O)NC(Cc1ccccc1)C(=O)CCl. The molecule has 0 saturated carbocycles. The lowest BCUT2D eigenvalue weighted by Crippen LogP contribution is -2.56. The molecule has 2 rings (SSSR count). The van der Waals surface area contributed by atoms with Gasteiger partial charge in [0.1, 0.15) is 18.1 Å². The largest absolute Gasteiger partial charge is 0.469 e. The highest BCUT2D eigenvalue weighted by Crippen LogP contribution is 2.19. The van der Waals surface area contributed by atoms with Crippen molar-refractivity contribution < 1.29 is 33.5 Å². The van der Waals surface area contributed by atoms with Crippen molar-refractivity contribution in [2.75, 3.05) is 19.5 Å². The molecule has 0 bridgehead atoms. The van der Waals surface area contributed by atoms with Crippen molar-refractivity contribution >= 4 is 47.0 Å². The van der Waals surface area contributed by atoms with Crippen LogP contribution in [-0.2, 0) is 39.9 Å². The summed E-state index contributed by atoms with van der Waals surface area (Å²) in [4.78, 5) is 75.7. The number of hydrogen-bond donors (Lipinski definition) is 3. The number of ether oxygens (including phenoxy) is 1. The van der Waals surface area contributed by atoms with Gasteiger partial charge in [0.05, 0.1) is 25.5 Å². The first-order valence-electron chi connectivity index (χ1n) is 12.5. The second kappa shape index (κ2) is 15.1. The number of likely N-dealkylation sites (tertiary alicyclic amines) is 1. The molecule has 1 aromatic rings. The Hall–Kier alpha value is -3.47. The van der Waals surface area contributed by atoms with E-state index in [0.717, 1.165) is 5.56 Å². The summed E-state index contributed by atoms with van der Waals surface area (Å²) in [6.07, 6.45) is 0.999. The number of nitrogens with zero attached hydrogens (tertiary/aromatic N) is 1. The Balaban J connectivity index is 1.94. The van der Waals surface area contributed by atoms with Gasteiger partial charge in [-0.3, -0.25) is 28.8 Å². The molecule has 4 atom stereocenters. The van der Waals surface area contributed by atoms with E-state index in [-0.39, 0.29) is 30.9 Å². The van der Waals surface area contributed by atoms with Crippen LogP contribution >= 0.6 is 11.6 Å². The van der Waals surface area contributed by atoms with E-state index in [4.69, 9.17) is 11.6 Å². The molecule has 38 heavy (non-hydrogen) atoms. The molecule has 1 saturated heterocycles. The molecule has 1 aromatic carbocycles. The van der Waals surface area contributed by atoms with E-state index in [1.807, 2.05) is 30.3 Å². The van der Waals surface area contributed by atoms with Crippen LogP contribution in [0.1, 0.15) is 45.1 Å². The maximum absolute atomic E-state index is 13.0. The molecule has 12 heteroatoms. The fraction of sp³-hybridized carbons (Fsp3) is 0.538. The Morgan fingerprint density at radius 2 is 1.68 bits per heavy atom. The summed E-state index contributed by atoms with van der Waals surface area (Å²) in [6, 6.07) is 5.62. The second-order valence-electron chi connectivity index (χ2n) is 9.14. The molecule has 1 fully saturated rings. The second-order valence-corrected chi connectivity index (χ2v) is 9.40. The number of hydrogen-bond acceptors (Lipinski definition) is 7. The van der Waals surface area contributed by atoms with Crippen molar-refractivity contribution in [2.24, 2.45) is 0 Å². The zero-order chi connectivity index (χ0) is 28.2. The van der Waals surface area contributed by atoms with Crippen LogP contribution in [0.2, 0.25) is 0 Å². The van der Waals surface area contributed by atoms with Gasteiger partial charge in [0, 0.05) is 13.0 Å². The Morgan fingerprint density at radius 3 is 2.32 bits per heavy atom. The van der Waals surface area contributed by atoms with E-state index in [0.29, 0.717) is 19.4 Å². The first-order chi connectivity index (χ1) is 18.1. The number of carbonyl (C=O) groups is 6. The predicted octanol–water partition coefficient (Wildman–Crippen LogP) is 0.475. The van der Waals surface area contributed by atoms with Gasteiger partial charge in [-0.05, 0) is 38.7 Å². The predicted molar refractivity (Wildman–Crippen MR) is 139 cm³/mol. The zero-order valence-electron chi connectivity index (χ0n) is 21.8. The van der Waals surface area contributed by atoms with Crippen molar-refractivity contribution in [3.63, 3.8) is 0 Å². The van der Waals surface area contributed by atoms with E-state index in [1.54, 1.807) is 0 Å². The summed E-state index contributed by atoms with van der Waals surface area (Å²) in [5.74, 6) is -3.15. The van der Waals surface area contributed by atoms with Crippen molar-refractivity contribution in [1.82, 2.24) is 20.9 Å². The Bertz CT molecular complexity index is 1020. The van der Waals surface area contributed by atoms with Crippen LogP contribution in [0.5, 0.6) is 0 Å². The minimum atomic E-state index is -0.975. The molecule has 3 N–H and O–H groups in total. The number of rotatable bonds is 13. The van der Waals surface area contributed by atoms with E-state index >= 15 is 0 Å². The highest BCUT2D eigenvalue weighted by molar-refractivity contribution is 6.28. The van der Waals surface area contributed by atoms with E-state index in [2.05, 4.69) is 20.7 Å². The summed E-state index contributed by atoms with van der Waals surface area (Å²) in [5, 5.41) is 7.82. The molecule has 1 heterocycles. The van der Waals surface area contributed by atoms with Crippen molar-refractivity contribution in [1.29, 1.82) is 0 Å². The quantitative estimate of drug-likeness (QED) is 0.238. The lowest BCUT2D eigenvalue weighted by molar-refractivity contribution is -0.143. The summed E-state index contributed by atoms with van der Waals surface area (Å²) < 4.78 is 4.50. The maximum Gasteiger partial charge on any atom is 0.306 e. The minimum absolute atomic E-state index is 0.110. The van der Waals surface area contributed by atoms with Crippen LogP contribution in [0.3, 0.4) is 0 Å². The molecular formula is C26H35ClN4O7. The van der Waals surface area contributed by atoms with Gasteiger partial charge in [-0.2, -0.15) is 0 Å². The van der Waals surface area contributed by atoms with Crippen molar-refractivity contribution in [3.8, 4) is 0 Å². The number of benzene rings is 1. The monoisotopic (exact) mass is 550 g/mol. The third-order valence-corrected chi connectivity index (χ3v) is 6.51. The van der Waals surface area contributed by atoms with Gasteiger partial charge >= 0.3 is 5.97 Å². The number of amides is 4. The summed E-state index contributed by atoms with van der Waals surface area (Å²) >= 11 is 5.73. The number of halogens is 1. The fourth-order valence-electron chi connectivity index (χ4n) is 4.10. The number of Topliss-reactive ketones (excluding diaryl/α,β-unsaturated/α-hetero) is 1. The molecule has 4 amide bonds. The zero-order valence-corrected chi connectivity index (χ0v) is 22.6. The van der Waals surface area contributed by atoms with Gasteiger partial charge in [-0.1, -0.05) is 30.3 Å². The molecule has 2 unspecified atom stereocenters. The molecule has 1 aliphatic rings. The van der Waals surface area contributed by atoms with Gasteiger partial charge in [0.25, 0.3) is 0 Å². The third-order valence-electron chi connectivity index (χ3n) is 6.24. The Labute approximate surface area is 227 Å². The Kier molecular flexibility index (Phi) is 12.2. The van der Waals surface area contributed by atoms with Gasteiger partial charge in [0.2, 0.25) is 23.6 Å². The summed E-state index contributed by atoms with van der Waals surface area (Å²) in [6.45, 7) is 3.31. The lowest BCUT2D eigenvalue weighted by atomic mass is 10.0. The first-order valence-corrected chi connectivity index (χ1v) is 13.0. The average molecular weight is 551 g/mol. The van der Waals surface area contributed by atoms with Gasteiger partial charge in [0.15, 0.2) is 5.78 Å². The first kappa shape index (κ1) is 30.8. The van der Waals surface area contributed by atoms with E-state index < -0.39 is 53.8 Å². The molecule has 1 aliphatic heterocycles. The summed E-state index contributed by atoms with van der Waals surface area (Å²) in [7, 11) is 1.22. The Morgan fingerprint density at radius 1 is 1.00 bits per heavy atom. The van der Waals surface area contributed by atoms with Gasteiger partial charge in [-0.15, -0.1) is 11.6 Å². The third kappa shape index (κ3) is 9.13. The average Bonchev–Trinajstić information content (AvgIpc) is 3.41. The number of carbonyl (C=O) groups excluding carboxylic acids is 6. The summed E-state index contributed by atoms with van der Waals surface area (Å²) in [5.41, 5.74) is 0.847. The normalized spacial score (nSPS) is 17.1. The van der Waals surface area contributed by atoms with Crippen LogP contribution in [0.15, 0.2) is 30.3 Å². The molecule has 11 nitrogen and oxygen atoms in total. The maximum atomic E-state index is 13.0. The number of alkyl halides is 1. The topological polar surface area (TPSA) is 151 Å².